The average molecular weight is 345 g/mol. The third-order valence-electron chi connectivity index (χ3n) is 4.54. The Morgan fingerprint density at radius 1 is 1.08 bits per heavy atom. The van der Waals surface area contributed by atoms with E-state index in [0.717, 1.165) is 24.8 Å². The molecule has 0 aromatic heterocycles. The summed E-state index contributed by atoms with van der Waals surface area (Å²) in [5.74, 6) is -0.891. The van der Waals surface area contributed by atoms with Crippen molar-refractivity contribution in [2.75, 3.05) is 13.1 Å². The van der Waals surface area contributed by atoms with Gasteiger partial charge >= 0.3 is 0 Å². The summed E-state index contributed by atoms with van der Waals surface area (Å²) in [6.07, 6.45) is 2.93. The van der Waals surface area contributed by atoms with Crippen molar-refractivity contribution in [2.45, 2.75) is 46.1 Å². The molecule has 0 bridgehead atoms. The number of nitrogens with one attached hydrogen (secondary N) is 3. The molecule has 0 spiro atoms. The first-order valence-corrected chi connectivity index (χ1v) is 8.65. The maximum atomic E-state index is 12.3. The summed E-state index contributed by atoms with van der Waals surface area (Å²) in [6.45, 7) is 5.55. The van der Waals surface area contributed by atoms with E-state index in [1.165, 1.54) is 12.5 Å². The largest absolute Gasteiger partial charge is 0.348 e. The lowest BCUT2D eigenvalue weighted by molar-refractivity contribution is -0.127. The molecular formula is C19H27N3O3. The molecule has 0 unspecified atom stereocenters. The molecule has 3 amide bonds. The number of hydrogen-bond acceptors (Lipinski definition) is 3. The Hall–Kier alpha value is -2.37. The Balaban J connectivity index is 1.96. The number of carbonyl (C=O) groups excluding carboxylic acids is 3. The smallest absolute Gasteiger partial charge is 0.239 e. The number of carbonyl (C=O) groups is 3. The highest BCUT2D eigenvalue weighted by Crippen LogP contribution is 2.39. The van der Waals surface area contributed by atoms with Crippen molar-refractivity contribution in [1.29, 1.82) is 0 Å². The van der Waals surface area contributed by atoms with Crippen molar-refractivity contribution in [3.63, 3.8) is 0 Å². The van der Waals surface area contributed by atoms with Crippen molar-refractivity contribution < 1.29 is 14.4 Å². The average Bonchev–Trinajstić information content (AvgIpc) is 2.68. The lowest BCUT2D eigenvalue weighted by Gasteiger charge is -2.27. The van der Waals surface area contributed by atoms with Gasteiger partial charge < -0.3 is 16.0 Å². The molecule has 2 rings (SSSR count). The first-order valence-electron chi connectivity index (χ1n) is 8.65. The molecule has 3 N–H and O–H groups in total. The number of hydrogen-bond donors (Lipinski definition) is 3. The van der Waals surface area contributed by atoms with E-state index < -0.39 is 0 Å². The third-order valence-corrected chi connectivity index (χ3v) is 4.54. The number of amides is 3. The first kappa shape index (κ1) is 19.0. The molecule has 0 fully saturated rings. The summed E-state index contributed by atoms with van der Waals surface area (Å²) in [5.41, 5.74) is 2.56. The molecule has 6 heteroatoms. The van der Waals surface area contributed by atoms with Crippen molar-refractivity contribution in [2.24, 2.45) is 5.41 Å². The number of aryl methyl sites for hydroxylation is 1. The Bertz CT molecular complexity index is 655. The zero-order valence-corrected chi connectivity index (χ0v) is 15.1. The molecule has 0 heterocycles. The van der Waals surface area contributed by atoms with Crippen LogP contribution >= 0.6 is 0 Å². The minimum atomic E-state index is -0.382. The van der Waals surface area contributed by atoms with Gasteiger partial charge in [-0.3, -0.25) is 14.4 Å². The zero-order chi connectivity index (χ0) is 18.4. The maximum Gasteiger partial charge on any atom is 0.239 e. The van der Waals surface area contributed by atoms with Crippen LogP contribution in [0, 0.1) is 5.41 Å². The van der Waals surface area contributed by atoms with Gasteiger partial charge in [-0.2, -0.15) is 0 Å². The van der Waals surface area contributed by atoms with Crippen LogP contribution in [0.3, 0.4) is 0 Å². The molecular weight excluding hydrogens is 318 g/mol. The van der Waals surface area contributed by atoms with E-state index in [0.29, 0.717) is 0 Å². The lowest BCUT2D eigenvalue weighted by Crippen LogP contribution is -2.42. The lowest BCUT2D eigenvalue weighted by atomic mass is 9.83. The van der Waals surface area contributed by atoms with Crippen LogP contribution in [0.2, 0.25) is 0 Å². The van der Waals surface area contributed by atoms with Crippen LogP contribution < -0.4 is 16.0 Å². The second kappa shape index (κ2) is 8.14. The van der Waals surface area contributed by atoms with E-state index in [1.807, 2.05) is 12.1 Å². The van der Waals surface area contributed by atoms with Crippen molar-refractivity contribution >= 4 is 17.7 Å². The van der Waals surface area contributed by atoms with Crippen molar-refractivity contribution in [1.82, 2.24) is 16.0 Å². The normalized spacial score (nSPS) is 18.4. The van der Waals surface area contributed by atoms with Crippen LogP contribution in [0.1, 0.15) is 50.8 Å². The maximum absolute atomic E-state index is 12.3. The van der Waals surface area contributed by atoms with E-state index in [2.05, 4.69) is 41.9 Å². The van der Waals surface area contributed by atoms with Gasteiger partial charge in [-0.1, -0.05) is 38.1 Å². The van der Waals surface area contributed by atoms with Crippen LogP contribution in [0.4, 0.5) is 0 Å². The molecule has 6 nitrogen and oxygen atoms in total. The Morgan fingerprint density at radius 2 is 1.76 bits per heavy atom. The van der Waals surface area contributed by atoms with Crippen LogP contribution in [0.5, 0.6) is 0 Å². The van der Waals surface area contributed by atoms with E-state index in [-0.39, 0.29) is 42.3 Å². The Morgan fingerprint density at radius 3 is 2.48 bits per heavy atom. The van der Waals surface area contributed by atoms with E-state index >= 15 is 0 Å². The molecule has 1 aliphatic rings. The van der Waals surface area contributed by atoms with Crippen molar-refractivity contribution in [3.05, 3.63) is 35.4 Å². The van der Waals surface area contributed by atoms with E-state index in [9.17, 15) is 14.4 Å². The summed E-state index contributed by atoms with van der Waals surface area (Å²) >= 11 is 0. The van der Waals surface area contributed by atoms with E-state index in [1.54, 1.807) is 0 Å². The fourth-order valence-electron chi connectivity index (χ4n) is 3.16. The minimum absolute atomic E-state index is 0.0616. The molecule has 1 aromatic rings. The molecule has 136 valence electrons. The predicted octanol–water partition coefficient (Wildman–Crippen LogP) is 1.46. The van der Waals surface area contributed by atoms with Crippen LogP contribution in [0.25, 0.3) is 0 Å². The molecule has 1 aromatic carbocycles. The van der Waals surface area contributed by atoms with Crippen LogP contribution in [-0.4, -0.2) is 30.8 Å². The van der Waals surface area contributed by atoms with Crippen molar-refractivity contribution in [3.8, 4) is 0 Å². The van der Waals surface area contributed by atoms with Crippen LogP contribution in [0.15, 0.2) is 24.3 Å². The van der Waals surface area contributed by atoms with Gasteiger partial charge in [-0.05, 0) is 35.8 Å². The highest BCUT2D eigenvalue weighted by atomic mass is 16.2. The van der Waals surface area contributed by atoms with Crippen LogP contribution in [-0.2, 0) is 20.8 Å². The second-order valence-electron chi connectivity index (χ2n) is 7.37. The highest BCUT2D eigenvalue weighted by molar-refractivity contribution is 5.87. The van der Waals surface area contributed by atoms with Gasteiger partial charge in [-0.15, -0.1) is 0 Å². The third kappa shape index (κ3) is 5.89. The van der Waals surface area contributed by atoms with Gasteiger partial charge in [0, 0.05) is 6.92 Å². The quantitative estimate of drug-likeness (QED) is 0.706. The fourth-order valence-corrected chi connectivity index (χ4v) is 3.16. The number of rotatable bonds is 5. The van der Waals surface area contributed by atoms with E-state index in [4.69, 9.17) is 0 Å². The molecule has 0 radical (unpaired) electrons. The topological polar surface area (TPSA) is 87.3 Å². The molecule has 0 aliphatic heterocycles. The summed E-state index contributed by atoms with van der Waals surface area (Å²) in [7, 11) is 0. The summed E-state index contributed by atoms with van der Waals surface area (Å²) < 4.78 is 0. The second-order valence-corrected chi connectivity index (χ2v) is 7.37. The van der Waals surface area contributed by atoms with Gasteiger partial charge in [0.05, 0.1) is 19.1 Å². The zero-order valence-electron chi connectivity index (χ0n) is 15.1. The summed E-state index contributed by atoms with van der Waals surface area (Å²) in [5, 5.41) is 7.97. The fraction of sp³-hybridized carbons (Fsp3) is 0.526. The standard InChI is InChI=1S/C19H27N3O3/c1-13(23)20-11-17(24)21-12-18(25)22-16-10-19(2,3)9-8-14-6-4-5-7-15(14)16/h4-7,16H,8-12H2,1-3H3,(H,20,23)(H,21,24)(H,22,25)/t16-/m0/s1. The number of benzene rings is 1. The van der Waals surface area contributed by atoms with Gasteiger partial charge in [0.2, 0.25) is 17.7 Å². The molecule has 25 heavy (non-hydrogen) atoms. The number of fused-ring (bicyclic) bond motifs is 1. The minimum Gasteiger partial charge on any atom is -0.348 e. The molecule has 0 saturated carbocycles. The summed E-state index contributed by atoms with van der Waals surface area (Å²) in [6, 6.07) is 8.14. The molecule has 1 atom stereocenters. The monoisotopic (exact) mass is 345 g/mol. The van der Waals surface area contributed by atoms with Gasteiger partial charge in [0.25, 0.3) is 0 Å². The Labute approximate surface area is 148 Å². The van der Waals surface area contributed by atoms with Gasteiger partial charge in [0.15, 0.2) is 0 Å². The van der Waals surface area contributed by atoms with Gasteiger partial charge in [-0.25, -0.2) is 0 Å². The van der Waals surface area contributed by atoms with Gasteiger partial charge in [0.1, 0.15) is 0 Å². The highest BCUT2D eigenvalue weighted by Gasteiger charge is 2.30. The Kier molecular flexibility index (Phi) is 6.17. The predicted molar refractivity (Wildman–Crippen MR) is 95.7 cm³/mol. The first-order chi connectivity index (χ1) is 11.8. The molecule has 0 saturated heterocycles. The molecule has 1 aliphatic carbocycles. The summed E-state index contributed by atoms with van der Waals surface area (Å²) in [4.78, 5) is 34.7. The SMILES string of the molecule is CC(=O)NCC(=O)NCC(=O)N[C@H]1CC(C)(C)CCc2ccccc21.